The van der Waals surface area contributed by atoms with Crippen molar-refractivity contribution in [3.63, 3.8) is 0 Å². The molecule has 0 saturated heterocycles. The van der Waals surface area contributed by atoms with Crippen molar-refractivity contribution in [1.29, 1.82) is 0 Å². The van der Waals surface area contributed by atoms with Gasteiger partial charge in [0.1, 0.15) is 5.82 Å². The molecule has 0 unspecified atom stereocenters. The van der Waals surface area contributed by atoms with Crippen molar-refractivity contribution in [2.24, 2.45) is 0 Å². The van der Waals surface area contributed by atoms with E-state index in [-0.39, 0.29) is 5.95 Å². The van der Waals surface area contributed by atoms with Crippen molar-refractivity contribution >= 4 is 11.8 Å². The molecule has 6 nitrogen and oxygen atoms in total. The van der Waals surface area contributed by atoms with Gasteiger partial charge >= 0.3 is 0 Å². The average Bonchev–Trinajstić information content (AvgIpc) is 2.33. The summed E-state index contributed by atoms with van der Waals surface area (Å²) in [5, 5.41) is 0. The average molecular weight is 240 g/mol. The summed E-state index contributed by atoms with van der Waals surface area (Å²) in [6.45, 7) is 4.72. The lowest BCUT2D eigenvalue weighted by molar-refractivity contribution is 0.190. The fourth-order valence-electron chi connectivity index (χ4n) is 1.49. The van der Waals surface area contributed by atoms with Crippen molar-refractivity contribution in [1.82, 2.24) is 9.97 Å². The Balaban J connectivity index is 2.82. The van der Waals surface area contributed by atoms with E-state index in [1.807, 2.05) is 6.92 Å². The van der Waals surface area contributed by atoms with Crippen LogP contribution >= 0.6 is 0 Å². The molecule has 1 aromatic heterocycles. The van der Waals surface area contributed by atoms with Crippen LogP contribution in [-0.2, 0) is 9.47 Å². The van der Waals surface area contributed by atoms with Crippen LogP contribution in [0.1, 0.15) is 5.56 Å². The molecule has 1 aromatic rings. The van der Waals surface area contributed by atoms with Crippen LogP contribution in [0.2, 0.25) is 0 Å². The van der Waals surface area contributed by atoms with Gasteiger partial charge in [0.2, 0.25) is 5.95 Å². The van der Waals surface area contributed by atoms with Crippen molar-refractivity contribution in [2.75, 3.05) is 51.2 Å². The summed E-state index contributed by atoms with van der Waals surface area (Å²) in [5.74, 6) is 1.12. The number of hydrogen-bond donors (Lipinski definition) is 1. The van der Waals surface area contributed by atoms with Crippen molar-refractivity contribution in [3.05, 3.63) is 11.8 Å². The Kier molecular flexibility index (Phi) is 5.65. The zero-order valence-electron chi connectivity index (χ0n) is 10.6. The molecule has 96 valence electrons. The molecule has 0 spiro atoms. The summed E-state index contributed by atoms with van der Waals surface area (Å²) >= 11 is 0. The summed E-state index contributed by atoms with van der Waals surface area (Å²) in [4.78, 5) is 10.3. The Hall–Kier alpha value is -1.40. The fourth-order valence-corrected chi connectivity index (χ4v) is 1.49. The molecule has 0 atom stereocenters. The predicted molar refractivity (Wildman–Crippen MR) is 67.1 cm³/mol. The van der Waals surface area contributed by atoms with Gasteiger partial charge in [0, 0.05) is 39.1 Å². The summed E-state index contributed by atoms with van der Waals surface area (Å²) in [6, 6.07) is 0. The maximum absolute atomic E-state index is 5.61. The SMILES string of the molecule is COCCN(CCOC)c1nc(N)ncc1C. The second-order valence-electron chi connectivity index (χ2n) is 3.71. The van der Waals surface area contributed by atoms with Gasteiger partial charge in [0.15, 0.2) is 0 Å². The van der Waals surface area contributed by atoms with Gasteiger partial charge in [-0.05, 0) is 6.92 Å². The highest BCUT2D eigenvalue weighted by molar-refractivity contribution is 5.47. The van der Waals surface area contributed by atoms with Crippen LogP contribution in [0.25, 0.3) is 0 Å². The highest BCUT2D eigenvalue weighted by Crippen LogP contribution is 2.16. The number of rotatable bonds is 7. The summed E-state index contributed by atoms with van der Waals surface area (Å²) < 4.78 is 10.2. The van der Waals surface area contributed by atoms with E-state index in [9.17, 15) is 0 Å². The maximum atomic E-state index is 5.61. The lowest BCUT2D eigenvalue weighted by Gasteiger charge is -2.24. The van der Waals surface area contributed by atoms with E-state index in [0.717, 1.165) is 24.5 Å². The van der Waals surface area contributed by atoms with Crippen LogP contribution in [0.4, 0.5) is 11.8 Å². The molecule has 6 heteroatoms. The zero-order valence-corrected chi connectivity index (χ0v) is 10.6. The van der Waals surface area contributed by atoms with E-state index in [1.165, 1.54) is 0 Å². The van der Waals surface area contributed by atoms with Gasteiger partial charge in [0.25, 0.3) is 0 Å². The highest BCUT2D eigenvalue weighted by Gasteiger charge is 2.11. The lowest BCUT2D eigenvalue weighted by atomic mass is 10.3. The smallest absolute Gasteiger partial charge is 0.221 e. The van der Waals surface area contributed by atoms with E-state index in [2.05, 4.69) is 14.9 Å². The highest BCUT2D eigenvalue weighted by atomic mass is 16.5. The van der Waals surface area contributed by atoms with Crippen LogP contribution in [0.5, 0.6) is 0 Å². The first-order valence-corrected chi connectivity index (χ1v) is 5.51. The molecule has 0 amide bonds. The number of nitrogen functional groups attached to an aromatic ring is 1. The van der Waals surface area contributed by atoms with Crippen LogP contribution in [-0.4, -0.2) is 50.5 Å². The normalized spacial score (nSPS) is 10.5. The summed E-state index contributed by atoms with van der Waals surface area (Å²) in [6.07, 6.45) is 1.73. The lowest BCUT2D eigenvalue weighted by Crippen LogP contribution is -2.32. The third-order valence-corrected chi connectivity index (χ3v) is 2.39. The minimum atomic E-state index is 0.283. The van der Waals surface area contributed by atoms with Crippen molar-refractivity contribution < 1.29 is 9.47 Å². The van der Waals surface area contributed by atoms with Crippen LogP contribution < -0.4 is 10.6 Å². The maximum Gasteiger partial charge on any atom is 0.221 e. The number of anilines is 2. The third-order valence-electron chi connectivity index (χ3n) is 2.39. The first-order chi connectivity index (χ1) is 8.19. The number of ether oxygens (including phenoxy) is 2. The third kappa shape index (κ3) is 4.16. The van der Waals surface area contributed by atoms with Crippen LogP contribution in [0.15, 0.2) is 6.20 Å². The van der Waals surface area contributed by atoms with E-state index in [0.29, 0.717) is 13.2 Å². The van der Waals surface area contributed by atoms with Crippen LogP contribution in [0.3, 0.4) is 0 Å². The van der Waals surface area contributed by atoms with Gasteiger partial charge in [0.05, 0.1) is 13.2 Å². The van der Waals surface area contributed by atoms with Gasteiger partial charge in [-0.15, -0.1) is 0 Å². The number of methoxy groups -OCH3 is 2. The quantitative estimate of drug-likeness (QED) is 0.746. The van der Waals surface area contributed by atoms with E-state index >= 15 is 0 Å². The predicted octanol–water partition coefficient (Wildman–Crippen LogP) is 0.466. The van der Waals surface area contributed by atoms with E-state index < -0.39 is 0 Å². The largest absolute Gasteiger partial charge is 0.383 e. The second-order valence-corrected chi connectivity index (χ2v) is 3.71. The molecule has 1 rings (SSSR count). The molecule has 0 fully saturated rings. The standard InChI is InChI=1S/C11H20N4O2/c1-9-8-13-11(12)14-10(9)15(4-6-16-2)5-7-17-3/h8H,4-7H2,1-3H3,(H2,12,13,14). The minimum Gasteiger partial charge on any atom is -0.383 e. The van der Waals surface area contributed by atoms with E-state index in [4.69, 9.17) is 15.2 Å². The van der Waals surface area contributed by atoms with Crippen LogP contribution in [0, 0.1) is 6.92 Å². The molecule has 1 heterocycles. The molecule has 17 heavy (non-hydrogen) atoms. The molecular formula is C11H20N4O2. The first kappa shape index (κ1) is 13.7. The van der Waals surface area contributed by atoms with Crippen molar-refractivity contribution in [3.8, 4) is 0 Å². The van der Waals surface area contributed by atoms with Crippen molar-refractivity contribution in [2.45, 2.75) is 6.92 Å². The number of aryl methyl sites for hydroxylation is 1. The number of nitrogens with two attached hydrogens (primary N) is 1. The van der Waals surface area contributed by atoms with Gasteiger partial charge < -0.3 is 20.1 Å². The molecule has 0 bridgehead atoms. The molecule has 0 aliphatic rings. The molecule has 0 aliphatic heterocycles. The fraction of sp³-hybridized carbons (Fsp3) is 0.636. The molecule has 0 radical (unpaired) electrons. The Bertz CT molecular complexity index is 338. The summed E-state index contributed by atoms with van der Waals surface area (Å²) in [7, 11) is 3.35. The van der Waals surface area contributed by atoms with Gasteiger partial charge in [-0.2, -0.15) is 4.98 Å². The number of nitrogens with zero attached hydrogens (tertiary/aromatic N) is 3. The summed E-state index contributed by atoms with van der Waals surface area (Å²) in [5.41, 5.74) is 6.60. The minimum absolute atomic E-state index is 0.283. The molecule has 0 aliphatic carbocycles. The number of aromatic nitrogens is 2. The Labute approximate surface area is 102 Å². The van der Waals surface area contributed by atoms with Gasteiger partial charge in [-0.1, -0.05) is 0 Å². The molecule has 0 saturated carbocycles. The monoisotopic (exact) mass is 240 g/mol. The second kappa shape index (κ2) is 7.03. The molecule has 0 aromatic carbocycles. The molecule has 2 N–H and O–H groups in total. The Morgan fingerprint density at radius 1 is 1.24 bits per heavy atom. The molecular weight excluding hydrogens is 220 g/mol. The van der Waals surface area contributed by atoms with E-state index in [1.54, 1.807) is 20.4 Å². The Morgan fingerprint density at radius 2 is 1.82 bits per heavy atom. The Morgan fingerprint density at radius 3 is 2.35 bits per heavy atom. The van der Waals surface area contributed by atoms with Gasteiger partial charge in [-0.3, -0.25) is 0 Å². The first-order valence-electron chi connectivity index (χ1n) is 5.51. The topological polar surface area (TPSA) is 73.5 Å². The zero-order chi connectivity index (χ0) is 12.7. The number of hydrogen-bond acceptors (Lipinski definition) is 6. The van der Waals surface area contributed by atoms with Gasteiger partial charge in [-0.25, -0.2) is 4.98 Å².